The van der Waals surface area contributed by atoms with Gasteiger partial charge in [-0.3, -0.25) is 9.69 Å². The Labute approximate surface area is 130 Å². The van der Waals surface area contributed by atoms with E-state index in [9.17, 15) is 14.3 Å². The maximum absolute atomic E-state index is 12.9. The van der Waals surface area contributed by atoms with Crippen LogP contribution in [0.4, 0.5) is 4.39 Å². The minimum Gasteiger partial charge on any atom is -0.392 e. The molecular weight excluding hydrogens is 283 g/mol. The number of carbonyl (C=O) groups is 1. The van der Waals surface area contributed by atoms with Crippen LogP contribution in [0.2, 0.25) is 0 Å². The fraction of sp³-hybridized carbons (Fsp3) is 0.471. The average molecular weight is 306 g/mol. The molecule has 1 heterocycles. The molecule has 0 saturated carbocycles. The van der Waals surface area contributed by atoms with Gasteiger partial charge in [-0.15, -0.1) is 6.58 Å². The van der Waals surface area contributed by atoms with Gasteiger partial charge in [0.05, 0.1) is 6.10 Å². The summed E-state index contributed by atoms with van der Waals surface area (Å²) >= 11 is 0. The normalized spacial score (nSPS) is 17.3. The van der Waals surface area contributed by atoms with E-state index in [2.05, 4.69) is 11.5 Å². The Kier molecular flexibility index (Phi) is 6.10. The van der Waals surface area contributed by atoms with Gasteiger partial charge >= 0.3 is 0 Å². The zero-order valence-corrected chi connectivity index (χ0v) is 12.7. The smallest absolute Gasteiger partial charge is 0.253 e. The third kappa shape index (κ3) is 4.64. The summed E-state index contributed by atoms with van der Waals surface area (Å²) in [6.07, 6.45) is 2.99. The Morgan fingerprint density at radius 3 is 2.50 bits per heavy atom. The lowest BCUT2D eigenvalue weighted by Gasteiger charge is -2.35. The molecule has 5 heteroatoms. The minimum absolute atomic E-state index is 0.0631. The second kappa shape index (κ2) is 8.06. The van der Waals surface area contributed by atoms with Crippen molar-refractivity contribution in [1.29, 1.82) is 0 Å². The van der Waals surface area contributed by atoms with Crippen LogP contribution in [0, 0.1) is 5.82 Å². The Balaban J connectivity index is 1.80. The van der Waals surface area contributed by atoms with Crippen molar-refractivity contribution in [1.82, 2.24) is 9.80 Å². The largest absolute Gasteiger partial charge is 0.392 e. The van der Waals surface area contributed by atoms with Crippen molar-refractivity contribution in [2.24, 2.45) is 0 Å². The molecule has 4 nitrogen and oxygen atoms in total. The van der Waals surface area contributed by atoms with Gasteiger partial charge in [0.1, 0.15) is 5.82 Å². The number of β-amino-alcohol motifs (C(OH)–C–C–N with tert-alkyl or cyclic N) is 1. The van der Waals surface area contributed by atoms with E-state index in [-0.39, 0.29) is 17.8 Å². The first kappa shape index (κ1) is 16.6. The molecule has 1 saturated heterocycles. The number of aliphatic hydroxyl groups is 1. The Morgan fingerprint density at radius 2 is 1.91 bits per heavy atom. The quantitative estimate of drug-likeness (QED) is 0.817. The minimum atomic E-state index is -0.350. The maximum Gasteiger partial charge on any atom is 0.253 e. The number of hydrogen-bond acceptors (Lipinski definition) is 3. The van der Waals surface area contributed by atoms with Crippen LogP contribution in [0.3, 0.4) is 0 Å². The molecule has 0 aliphatic carbocycles. The molecular formula is C17H23FN2O2. The van der Waals surface area contributed by atoms with Crippen LogP contribution in [-0.2, 0) is 0 Å². The number of carbonyl (C=O) groups excluding carboxylic acids is 1. The fourth-order valence-corrected chi connectivity index (χ4v) is 2.61. The van der Waals surface area contributed by atoms with Crippen LogP contribution in [0.25, 0.3) is 0 Å². The number of aliphatic hydroxyl groups excluding tert-OH is 1. The third-order valence-electron chi connectivity index (χ3n) is 3.92. The van der Waals surface area contributed by atoms with Gasteiger partial charge in [-0.2, -0.15) is 0 Å². The van der Waals surface area contributed by atoms with Crippen LogP contribution in [0.5, 0.6) is 0 Å². The van der Waals surface area contributed by atoms with Gasteiger partial charge in [0, 0.05) is 38.3 Å². The third-order valence-corrected chi connectivity index (χ3v) is 3.92. The van der Waals surface area contributed by atoms with Crippen molar-refractivity contribution in [3.8, 4) is 0 Å². The Morgan fingerprint density at radius 1 is 1.27 bits per heavy atom. The molecule has 1 fully saturated rings. The highest BCUT2D eigenvalue weighted by Crippen LogP contribution is 2.11. The van der Waals surface area contributed by atoms with Crippen LogP contribution in [-0.4, -0.2) is 59.6 Å². The number of nitrogens with zero attached hydrogens (tertiary/aromatic N) is 2. The molecule has 120 valence electrons. The van der Waals surface area contributed by atoms with E-state index in [1.54, 1.807) is 4.90 Å². The van der Waals surface area contributed by atoms with Gasteiger partial charge < -0.3 is 10.0 Å². The van der Waals surface area contributed by atoms with Crippen LogP contribution in [0.15, 0.2) is 36.9 Å². The number of amides is 1. The molecule has 0 bridgehead atoms. The lowest BCUT2D eigenvalue weighted by molar-refractivity contribution is 0.0517. The molecule has 1 aromatic rings. The highest BCUT2D eigenvalue weighted by Gasteiger charge is 2.23. The van der Waals surface area contributed by atoms with Crippen LogP contribution in [0.1, 0.15) is 23.2 Å². The molecule has 0 spiro atoms. The summed E-state index contributed by atoms with van der Waals surface area (Å²) in [6.45, 7) is 7.04. The van der Waals surface area contributed by atoms with Crippen molar-refractivity contribution < 1.29 is 14.3 Å². The molecule has 0 radical (unpaired) electrons. The number of halogens is 1. The van der Waals surface area contributed by atoms with Gasteiger partial charge in [0.25, 0.3) is 5.91 Å². The van der Waals surface area contributed by atoms with Crippen molar-refractivity contribution in [3.63, 3.8) is 0 Å². The number of rotatable bonds is 6. The molecule has 1 aliphatic heterocycles. The first-order valence-electron chi connectivity index (χ1n) is 7.66. The van der Waals surface area contributed by atoms with E-state index in [4.69, 9.17) is 0 Å². The van der Waals surface area contributed by atoms with E-state index in [0.29, 0.717) is 25.2 Å². The number of piperazine rings is 1. The number of benzene rings is 1. The average Bonchev–Trinajstić information content (AvgIpc) is 2.54. The molecule has 1 atom stereocenters. The Bertz CT molecular complexity index is 496. The zero-order valence-electron chi connectivity index (χ0n) is 12.7. The first-order valence-corrected chi connectivity index (χ1v) is 7.66. The summed E-state index contributed by atoms with van der Waals surface area (Å²) in [5.41, 5.74) is 0.515. The summed E-state index contributed by atoms with van der Waals surface area (Å²) in [6, 6.07) is 5.64. The second-order valence-corrected chi connectivity index (χ2v) is 5.62. The van der Waals surface area contributed by atoms with E-state index in [0.717, 1.165) is 25.9 Å². The zero-order chi connectivity index (χ0) is 15.9. The lowest BCUT2D eigenvalue weighted by atomic mass is 10.1. The molecule has 2 rings (SSSR count). The molecule has 1 amide bonds. The van der Waals surface area contributed by atoms with E-state index in [1.807, 2.05) is 6.08 Å². The van der Waals surface area contributed by atoms with Crippen LogP contribution < -0.4 is 0 Å². The first-order chi connectivity index (χ1) is 10.6. The van der Waals surface area contributed by atoms with Crippen molar-refractivity contribution in [3.05, 3.63) is 48.3 Å². The predicted molar refractivity (Wildman–Crippen MR) is 84.2 cm³/mol. The fourth-order valence-electron chi connectivity index (χ4n) is 2.61. The second-order valence-electron chi connectivity index (χ2n) is 5.62. The summed E-state index contributed by atoms with van der Waals surface area (Å²) in [5, 5.41) is 9.91. The number of allylic oxidation sites excluding steroid dienone is 1. The predicted octanol–water partition coefficient (Wildman–Crippen LogP) is 1.91. The molecule has 0 aromatic heterocycles. The van der Waals surface area contributed by atoms with Crippen LogP contribution >= 0.6 is 0 Å². The standard InChI is InChI=1S/C17H23FN2O2/c1-2-3-4-16(21)13-19-9-11-20(12-10-19)17(22)14-5-7-15(18)8-6-14/h2,5-8,16,21H,1,3-4,9-13H2. The van der Waals surface area contributed by atoms with Gasteiger partial charge in [0.15, 0.2) is 0 Å². The van der Waals surface area contributed by atoms with Gasteiger partial charge in [-0.05, 0) is 37.1 Å². The van der Waals surface area contributed by atoms with Crippen molar-refractivity contribution in [2.75, 3.05) is 32.7 Å². The van der Waals surface area contributed by atoms with Gasteiger partial charge in [-0.1, -0.05) is 6.08 Å². The van der Waals surface area contributed by atoms with E-state index < -0.39 is 0 Å². The highest BCUT2D eigenvalue weighted by atomic mass is 19.1. The molecule has 1 aliphatic rings. The summed E-state index contributed by atoms with van der Waals surface area (Å²) < 4.78 is 12.9. The molecule has 1 unspecified atom stereocenters. The molecule has 1 N–H and O–H groups in total. The maximum atomic E-state index is 12.9. The lowest BCUT2D eigenvalue weighted by Crippen LogP contribution is -2.50. The van der Waals surface area contributed by atoms with E-state index >= 15 is 0 Å². The number of hydrogen-bond donors (Lipinski definition) is 1. The van der Waals surface area contributed by atoms with E-state index in [1.165, 1.54) is 24.3 Å². The Hall–Kier alpha value is -1.72. The molecule has 1 aromatic carbocycles. The summed E-state index contributed by atoms with van der Waals surface area (Å²) in [4.78, 5) is 16.3. The highest BCUT2D eigenvalue weighted by molar-refractivity contribution is 5.94. The van der Waals surface area contributed by atoms with Crippen molar-refractivity contribution in [2.45, 2.75) is 18.9 Å². The van der Waals surface area contributed by atoms with Crippen molar-refractivity contribution >= 4 is 5.91 Å². The SMILES string of the molecule is C=CCCC(O)CN1CCN(C(=O)c2ccc(F)cc2)CC1. The topological polar surface area (TPSA) is 43.8 Å². The molecule has 22 heavy (non-hydrogen) atoms. The summed E-state index contributed by atoms with van der Waals surface area (Å²) in [5.74, 6) is -0.401. The monoisotopic (exact) mass is 306 g/mol. The van der Waals surface area contributed by atoms with Gasteiger partial charge in [-0.25, -0.2) is 4.39 Å². The summed E-state index contributed by atoms with van der Waals surface area (Å²) in [7, 11) is 0. The van der Waals surface area contributed by atoms with Gasteiger partial charge in [0.2, 0.25) is 0 Å².